The zero-order chi connectivity index (χ0) is 21.0. The van der Waals surface area contributed by atoms with Crippen molar-refractivity contribution in [2.24, 2.45) is 0 Å². The molecule has 3 aromatic rings. The molecule has 1 amide bonds. The van der Waals surface area contributed by atoms with Crippen molar-refractivity contribution in [3.05, 3.63) is 94.5 Å². The lowest BCUT2D eigenvalue weighted by Crippen LogP contribution is -2.23. The van der Waals surface area contributed by atoms with Crippen LogP contribution in [0.5, 0.6) is 0 Å². The van der Waals surface area contributed by atoms with Crippen molar-refractivity contribution < 1.29 is 13.2 Å². The highest BCUT2D eigenvalue weighted by molar-refractivity contribution is 7.89. The summed E-state index contributed by atoms with van der Waals surface area (Å²) in [6, 6.07) is 19.5. The number of hydrogen-bond acceptors (Lipinski definition) is 3. The lowest BCUT2D eigenvalue weighted by atomic mass is 10.1. The van der Waals surface area contributed by atoms with E-state index >= 15 is 0 Å². The lowest BCUT2D eigenvalue weighted by molar-refractivity contribution is 0.102. The third kappa shape index (κ3) is 5.31. The molecule has 2 N–H and O–H groups in total. The molecule has 0 heterocycles. The third-order valence-corrected chi connectivity index (χ3v) is 6.15. The summed E-state index contributed by atoms with van der Waals surface area (Å²) in [6.45, 7) is 5.93. The number of carbonyl (C=O) groups excluding carboxylic acids is 1. The Bertz CT molecular complexity index is 1140. The Morgan fingerprint density at radius 1 is 0.862 bits per heavy atom. The van der Waals surface area contributed by atoms with Crippen LogP contribution < -0.4 is 10.0 Å². The number of sulfonamides is 1. The molecule has 0 radical (unpaired) electrons. The maximum Gasteiger partial charge on any atom is 0.255 e. The average Bonchev–Trinajstić information content (AvgIpc) is 2.69. The first-order valence-corrected chi connectivity index (χ1v) is 10.8. The number of aryl methyl sites for hydroxylation is 3. The number of anilines is 1. The number of carbonyl (C=O) groups is 1. The Morgan fingerprint density at radius 2 is 1.59 bits per heavy atom. The standard InChI is InChI=1S/C23H24N2O3S/c1-16-5-4-6-21(13-16)25-23(26)20-10-8-19(9-11-20)15-24-29(27,28)22-12-7-17(2)18(3)14-22/h4-14,24H,15H2,1-3H3,(H,25,26). The summed E-state index contributed by atoms with van der Waals surface area (Å²) in [5.74, 6) is -0.210. The lowest BCUT2D eigenvalue weighted by Gasteiger charge is -2.10. The van der Waals surface area contributed by atoms with E-state index in [1.807, 2.05) is 45.0 Å². The minimum atomic E-state index is -3.60. The van der Waals surface area contributed by atoms with Gasteiger partial charge in [-0.05, 0) is 79.4 Å². The average molecular weight is 409 g/mol. The fourth-order valence-corrected chi connectivity index (χ4v) is 3.95. The van der Waals surface area contributed by atoms with Crippen LogP contribution in [0.15, 0.2) is 71.6 Å². The van der Waals surface area contributed by atoms with E-state index in [9.17, 15) is 13.2 Å². The highest BCUT2D eigenvalue weighted by atomic mass is 32.2. The molecule has 150 valence electrons. The van der Waals surface area contributed by atoms with Crippen LogP contribution in [0.1, 0.15) is 32.6 Å². The van der Waals surface area contributed by atoms with Gasteiger partial charge in [-0.25, -0.2) is 13.1 Å². The number of benzene rings is 3. The molecule has 0 saturated heterocycles. The first kappa shape index (κ1) is 20.8. The molecule has 0 atom stereocenters. The van der Waals surface area contributed by atoms with E-state index in [2.05, 4.69) is 10.0 Å². The summed E-state index contributed by atoms with van der Waals surface area (Å²) < 4.78 is 27.6. The molecule has 0 aliphatic heterocycles. The van der Waals surface area contributed by atoms with Gasteiger partial charge in [-0.15, -0.1) is 0 Å². The smallest absolute Gasteiger partial charge is 0.255 e. The van der Waals surface area contributed by atoms with Crippen LogP contribution in [0.25, 0.3) is 0 Å². The number of rotatable bonds is 6. The Morgan fingerprint density at radius 3 is 2.24 bits per heavy atom. The monoisotopic (exact) mass is 408 g/mol. The summed E-state index contributed by atoms with van der Waals surface area (Å²) in [5.41, 5.74) is 5.05. The van der Waals surface area contributed by atoms with E-state index in [1.165, 1.54) is 0 Å². The van der Waals surface area contributed by atoms with Gasteiger partial charge in [-0.1, -0.05) is 30.3 Å². The van der Waals surface area contributed by atoms with E-state index in [0.717, 1.165) is 27.9 Å². The second-order valence-corrected chi connectivity index (χ2v) is 8.86. The highest BCUT2D eigenvalue weighted by Gasteiger charge is 2.14. The zero-order valence-corrected chi connectivity index (χ0v) is 17.5. The summed E-state index contributed by atoms with van der Waals surface area (Å²) in [7, 11) is -3.60. The van der Waals surface area contributed by atoms with Gasteiger partial charge < -0.3 is 5.32 Å². The maximum absolute atomic E-state index is 12.5. The molecule has 0 aliphatic rings. The van der Waals surface area contributed by atoms with Crippen molar-refractivity contribution >= 4 is 21.6 Å². The van der Waals surface area contributed by atoms with Crippen LogP contribution in [0.2, 0.25) is 0 Å². The Labute approximate surface area is 171 Å². The summed E-state index contributed by atoms with van der Waals surface area (Å²) in [5, 5.41) is 2.86. The van der Waals surface area contributed by atoms with Crippen molar-refractivity contribution in [2.75, 3.05) is 5.32 Å². The van der Waals surface area contributed by atoms with Crippen molar-refractivity contribution in [1.29, 1.82) is 0 Å². The molecule has 3 aromatic carbocycles. The van der Waals surface area contributed by atoms with Crippen molar-refractivity contribution in [2.45, 2.75) is 32.2 Å². The highest BCUT2D eigenvalue weighted by Crippen LogP contribution is 2.16. The Kier molecular flexibility index (Phi) is 6.15. The van der Waals surface area contributed by atoms with E-state index in [0.29, 0.717) is 5.56 Å². The first-order chi connectivity index (χ1) is 13.7. The predicted octanol–water partition coefficient (Wildman–Crippen LogP) is 4.34. The van der Waals surface area contributed by atoms with E-state index in [1.54, 1.807) is 42.5 Å². The maximum atomic E-state index is 12.5. The van der Waals surface area contributed by atoms with Crippen LogP contribution in [0.3, 0.4) is 0 Å². The van der Waals surface area contributed by atoms with Crippen molar-refractivity contribution in [3.8, 4) is 0 Å². The van der Waals surface area contributed by atoms with Crippen LogP contribution in [0, 0.1) is 20.8 Å². The molecule has 0 saturated carbocycles. The van der Waals surface area contributed by atoms with Crippen LogP contribution in [-0.2, 0) is 16.6 Å². The van der Waals surface area contributed by atoms with Crippen LogP contribution >= 0.6 is 0 Å². The molecule has 0 aromatic heterocycles. The van der Waals surface area contributed by atoms with Gasteiger partial charge in [0.25, 0.3) is 5.91 Å². The predicted molar refractivity (Wildman–Crippen MR) is 116 cm³/mol. The van der Waals surface area contributed by atoms with Gasteiger partial charge >= 0.3 is 0 Å². The van der Waals surface area contributed by atoms with Crippen LogP contribution in [-0.4, -0.2) is 14.3 Å². The number of hydrogen-bond donors (Lipinski definition) is 2. The SMILES string of the molecule is Cc1cccc(NC(=O)c2ccc(CNS(=O)(=O)c3ccc(C)c(C)c3)cc2)c1. The molecular weight excluding hydrogens is 384 g/mol. The normalized spacial score (nSPS) is 11.3. The Balaban J connectivity index is 1.64. The van der Waals surface area contributed by atoms with Crippen LogP contribution in [0.4, 0.5) is 5.69 Å². The van der Waals surface area contributed by atoms with Gasteiger partial charge in [0, 0.05) is 17.8 Å². The minimum absolute atomic E-state index is 0.148. The largest absolute Gasteiger partial charge is 0.322 e. The molecular formula is C23H24N2O3S. The van der Waals surface area contributed by atoms with Gasteiger partial charge in [0.15, 0.2) is 0 Å². The molecule has 3 rings (SSSR count). The van der Waals surface area contributed by atoms with Gasteiger partial charge in [-0.3, -0.25) is 4.79 Å². The molecule has 6 heteroatoms. The minimum Gasteiger partial charge on any atom is -0.322 e. The van der Waals surface area contributed by atoms with E-state index in [-0.39, 0.29) is 17.3 Å². The topological polar surface area (TPSA) is 75.3 Å². The van der Waals surface area contributed by atoms with Gasteiger partial charge in [0.05, 0.1) is 4.90 Å². The van der Waals surface area contributed by atoms with Gasteiger partial charge in [-0.2, -0.15) is 0 Å². The van der Waals surface area contributed by atoms with Gasteiger partial charge in [0.2, 0.25) is 10.0 Å². The third-order valence-electron chi connectivity index (χ3n) is 4.75. The van der Waals surface area contributed by atoms with E-state index < -0.39 is 10.0 Å². The van der Waals surface area contributed by atoms with Gasteiger partial charge in [0.1, 0.15) is 0 Å². The quantitative estimate of drug-likeness (QED) is 0.637. The molecule has 5 nitrogen and oxygen atoms in total. The Hall–Kier alpha value is -2.96. The van der Waals surface area contributed by atoms with Crippen molar-refractivity contribution in [3.63, 3.8) is 0 Å². The summed E-state index contributed by atoms with van der Waals surface area (Å²) in [6.07, 6.45) is 0. The first-order valence-electron chi connectivity index (χ1n) is 9.28. The second kappa shape index (κ2) is 8.59. The summed E-state index contributed by atoms with van der Waals surface area (Å²) >= 11 is 0. The summed E-state index contributed by atoms with van der Waals surface area (Å²) in [4.78, 5) is 12.6. The fraction of sp³-hybridized carbons (Fsp3) is 0.174. The van der Waals surface area contributed by atoms with Crippen molar-refractivity contribution in [1.82, 2.24) is 4.72 Å². The zero-order valence-electron chi connectivity index (χ0n) is 16.7. The molecule has 29 heavy (non-hydrogen) atoms. The molecule has 0 unspecified atom stereocenters. The fourth-order valence-electron chi connectivity index (χ4n) is 2.84. The number of amides is 1. The number of nitrogens with one attached hydrogen (secondary N) is 2. The molecule has 0 spiro atoms. The molecule has 0 aliphatic carbocycles. The molecule has 0 fully saturated rings. The second-order valence-electron chi connectivity index (χ2n) is 7.09. The van der Waals surface area contributed by atoms with E-state index in [4.69, 9.17) is 0 Å². The molecule has 0 bridgehead atoms.